The van der Waals surface area contributed by atoms with Gasteiger partial charge in [0.1, 0.15) is 18.3 Å². The second-order valence-corrected chi connectivity index (χ2v) is 5.54. The van der Waals surface area contributed by atoms with Crippen LogP contribution in [-0.2, 0) is 14.3 Å². The second kappa shape index (κ2) is 9.60. The molecule has 0 aromatic rings. The summed E-state index contributed by atoms with van der Waals surface area (Å²) in [4.78, 5) is 10.8. The SMILES string of the molecule is CCC(SCC1OC(OC)C(O)C(O)C1O)C(=O)[O-].[Na+]. The van der Waals surface area contributed by atoms with Gasteiger partial charge in [-0.2, -0.15) is 0 Å². The Labute approximate surface area is 143 Å². The molecule has 112 valence electrons. The summed E-state index contributed by atoms with van der Waals surface area (Å²) in [5.74, 6) is -1.03. The van der Waals surface area contributed by atoms with Crippen LogP contribution in [0.15, 0.2) is 0 Å². The quantitative estimate of drug-likeness (QED) is 0.416. The Kier molecular flexibility index (Phi) is 9.90. The fourth-order valence-corrected chi connectivity index (χ4v) is 2.88. The molecule has 1 aliphatic heterocycles. The molecule has 6 unspecified atom stereocenters. The van der Waals surface area contributed by atoms with Gasteiger partial charge in [0.15, 0.2) is 6.29 Å². The van der Waals surface area contributed by atoms with Crippen molar-refractivity contribution in [1.82, 2.24) is 0 Å². The molecule has 0 saturated carbocycles. The normalized spacial score (nSPS) is 35.1. The fourth-order valence-electron chi connectivity index (χ4n) is 1.81. The van der Waals surface area contributed by atoms with E-state index in [0.29, 0.717) is 6.42 Å². The van der Waals surface area contributed by atoms with Crippen LogP contribution in [0, 0.1) is 0 Å². The van der Waals surface area contributed by atoms with E-state index >= 15 is 0 Å². The van der Waals surface area contributed by atoms with Crippen molar-refractivity contribution in [2.24, 2.45) is 0 Å². The van der Waals surface area contributed by atoms with Crippen molar-refractivity contribution in [2.45, 2.75) is 49.3 Å². The zero-order valence-corrected chi connectivity index (χ0v) is 14.6. The van der Waals surface area contributed by atoms with Crippen LogP contribution in [0.5, 0.6) is 0 Å². The molecule has 0 radical (unpaired) electrons. The number of thioether (sulfide) groups is 1. The first-order valence-electron chi connectivity index (χ1n) is 5.97. The van der Waals surface area contributed by atoms with Crippen LogP contribution in [0.1, 0.15) is 13.3 Å². The number of carbonyl (C=O) groups excluding carboxylic acids is 1. The van der Waals surface area contributed by atoms with Crippen LogP contribution in [-0.4, -0.2) is 70.1 Å². The zero-order chi connectivity index (χ0) is 14.6. The maximum atomic E-state index is 10.8. The number of carboxylic acid groups (broad SMARTS) is 1. The van der Waals surface area contributed by atoms with Crippen molar-refractivity contribution in [3.8, 4) is 0 Å². The molecular formula is C11H19NaO7S. The number of carbonyl (C=O) groups is 1. The molecule has 3 N–H and O–H groups in total. The first-order chi connectivity index (χ1) is 8.92. The third-order valence-electron chi connectivity index (χ3n) is 3.00. The minimum absolute atomic E-state index is 0. The van der Waals surface area contributed by atoms with E-state index in [9.17, 15) is 25.2 Å². The van der Waals surface area contributed by atoms with E-state index in [1.54, 1.807) is 6.92 Å². The summed E-state index contributed by atoms with van der Waals surface area (Å²) in [6.07, 6.45) is -5.52. The summed E-state index contributed by atoms with van der Waals surface area (Å²) in [6.45, 7) is 1.71. The zero-order valence-electron chi connectivity index (χ0n) is 11.8. The van der Waals surface area contributed by atoms with Gasteiger partial charge in [-0.3, -0.25) is 0 Å². The molecule has 0 bridgehead atoms. The predicted octanol–water partition coefficient (Wildman–Crippen LogP) is -5.29. The van der Waals surface area contributed by atoms with Crippen molar-refractivity contribution >= 4 is 17.7 Å². The number of aliphatic carboxylic acids is 1. The van der Waals surface area contributed by atoms with Crippen LogP contribution in [0.4, 0.5) is 0 Å². The first-order valence-corrected chi connectivity index (χ1v) is 7.02. The van der Waals surface area contributed by atoms with E-state index in [4.69, 9.17) is 9.47 Å². The molecule has 0 aliphatic carbocycles. The van der Waals surface area contributed by atoms with Gasteiger partial charge in [0.05, 0.1) is 12.1 Å². The van der Waals surface area contributed by atoms with Gasteiger partial charge in [0, 0.05) is 18.1 Å². The average Bonchev–Trinajstić information content (AvgIpc) is 2.38. The van der Waals surface area contributed by atoms with Gasteiger partial charge in [-0.25, -0.2) is 0 Å². The number of ether oxygens (including phenoxy) is 2. The Morgan fingerprint density at radius 3 is 2.40 bits per heavy atom. The number of methoxy groups -OCH3 is 1. The smallest absolute Gasteiger partial charge is 0.549 e. The third-order valence-corrected chi connectivity index (χ3v) is 4.45. The van der Waals surface area contributed by atoms with Gasteiger partial charge < -0.3 is 34.7 Å². The van der Waals surface area contributed by atoms with Crippen molar-refractivity contribution < 1.29 is 64.3 Å². The molecular weight excluding hydrogens is 299 g/mol. The van der Waals surface area contributed by atoms with Crippen molar-refractivity contribution in [3.63, 3.8) is 0 Å². The Hall–Kier alpha value is 0.620. The summed E-state index contributed by atoms with van der Waals surface area (Å²) < 4.78 is 10.1. The fraction of sp³-hybridized carbons (Fsp3) is 0.909. The molecule has 20 heavy (non-hydrogen) atoms. The number of hydrogen-bond donors (Lipinski definition) is 3. The van der Waals surface area contributed by atoms with Crippen molar-refractivity contribution in [3.05, 3.63) is 0 Å². The van der Waals surface area contributed by atoms with Gasteiger partial charge in [-0.1, -0.05) is 6.92 Å². The molecule has 0 amide bonds. The minimum atomic E-state index is -1.40. The molecule has 7 nitrogen and oxygen atoms in total. The average molecular weight is 318 g/mol. The molecule has 1 aliphatic rings. The number of carboxylic acids is 1. The molecule has 0 aromatic heterocycles. The summed E-state index contributed by atoms with van der Waals surface area (Å²) in [6, 6.07) is 0. The van der Waals surface area contributed by atoms with Crippen LogP contribution in [0.25, 0.3) is 0 Å². The third kappa shape index (κ3) is 5.11. The monoisotopic (exact) mass is 318 g/mol. The summed E-state index contributed by atoms with van der Waals surface area (Å²) in [7, 11) is 1.30. The Morgan fingerprint density at radius 2 is 1.95 bits per heavy atom. The van der Waals surface area contributed by atoms with Gasteiger partial charge in [0.2, 0.25) is 0 Å². The summed E-state index contributed by atoms with van der Waals surface area (Å²) in [5.41, 5.74) is 0. The molecule has 1 fully saturated rings. The van der Waals surface area contributed by atoms with Gasteiger partial charge in [0.25, 0.3) is 0 Å². The molecule has 9 heteroatoms. The standard InChI is InChI=1S/C11H20O7S.Na/c1-3-6(10(15)16)19-4-5-7(12)8(13)9(14)11(17-2)18-5;/h5-9,11-14H,3-4H2,1-2H3,(H,15,16);/q;+1/p-1. The Bertz CT molecular complexity index is 304. The first kappa shape index (κ1) is 20.6. The van der Waals surface area contributed by atoms with Crippen LogP contribution in [0.2, 0.25) is 0 Å². The van der Waals surface area contributed by atoms with Crippen LogP contribution >= 0.6 is 11.8 Å². The molecule has 1 heterocycles. The van der Waals surface area contributed by atoms with E-state index < -0.39 is 41.9 Å². The van der Waals surface area contributed by atoms with Gasteiger partial charge in [-0.05, 0) is 6.42 Å². The number of rotatable bonds is 6. The Balaban J connectivity index is 0.00000361. The molecule has 6 atom stereocenters. The predicted molar refractivity (Wildman–Crippen MR) is 65.2 cm³/mol. The van der Waals surface area contributed by atoms with Crippen LogP contribution < -0.4 is 34.7 Å². The summed E-state index contributed by atoms with van der Waals surface area (Å²) in [5, 5.41) is 39.1. The van der Waals surface area contributed by atoms with E-state index in [1.807, 2.05) is 0 Å². The van der Waals surface area contributed by atoms with Crippen molar-refractivity contribution in [1.29, 1.82) is 0 Å². The number of hydrogen-bond acceptors (Lipinski definition) is 8. The number of aliphatic hydroxyl groups excluding tert-OH is 3. The maximum Gasteiger partial charge on any atom is 1.00 e. The second-order valence-electron chi connectivity index (χ2n) is 4.30. The minimum Gasteiger partial charge on any atom is -0.549 e. The van der Waals surface area contributed by atoms with Gasteiger partial charge in [-0.15, -0.1) is 11.8 Å². The Morgan fingerprint density at radius 1 is 1.35 bits per heavy atom. The van der Waals surface area contributed by atoms with E-state index in [0.717, 1.165) is 11.8 Å². The van der Waals surface area contributed by atoms with Gasteiger partial charge >= 0.3 is 29.6 Å². The topological polar surface area (TPSA) is 119 Å². The summed E-state index contributed by atoms with van der Waals surface area (Å²) >= 11 is 1.06. The maximum absolute atomic E-state index is 10.8. The van der Waals surface area contributed by atoms with E-state index in [1.165, 1.54) is 7.11 Å². The van der Waals surface area contributed by atoms with E-state index in [2.05, 4.69) is 0 Å². The molecule has 1 rings (SSSR count). The molecule has 0 spiro atoms. The molecule has 1 saturated heterocycles. The largest absolute Gasteiger partial charge is 1.00 e. The number of aliphatic hydroxyl groups is 3. The van der Waals surface area contributed by atoms with Crippen LogP contribution in [0.3, 0.4) is 0 Å². The van der Waals surface area contributed by atoms with Crippen molar-refractivity contribution in [2.75, 3.05) is 12.9 Å². The van der Waals surface area contributed by atoms with E-state index in [-0.39, 0.29) is 35.3 Å². The molecule has 0 aromatic carbocycles.